The number of nitrogens with one attached hydrogen (secondary N) is 1. The van der Waals surface area contributed by atoms with Crippen molar-refractivity contribution in [1.82, 2.24) is 5.32 Å². The maximum Gasteiger partial charge on any atom is 0.224 e. The summed E-state index contributed by atoms with van der Waals surface area (Å²) in [4.78, 5) is 11.8. The van der Waals surface area contributed by atoms with Gasteiger partial charge in [-0.15, -0.1) is 0 Å². The Kier molecular flexibility index (Phi) is 6.68. The SMILES string of the molecule is O=C(Cc1ccc(Cl)c(Cl)c1)NCCCOc1ccc(F)cc1. The molecule has 0 bridgehead atoms. The third-order valence-electron chi connectivity index (χ3n) is 3.07. The molecule has 23 heavy (non-hydrogen) atoms. The fourth-order valence-corrected chi connectivity index (χ4v) is 2.24. The first-order chi connectivity index (χ1) is 11.0. The standard InChI is InChI=1S/C17H16Cl2FNO2/c18-15-7-2-12(10-16(15)19)11-17(22)21-8-1-9-23-14-5-3-13(20)4-6-14/h2-7,10H,1,8-9,11H2,(H,21,22). The van der Waals surface area contributed by atoms with Crippen LogP contribution in [0.25, 0.3) is 0 Å². The van der Waals surface area contributed by atoms with Gasteiger partial charge in [-0.2, -0.15) is 0 Å². The molecule has 3 nitrogen and oxygen atoms in total. The van der Waals surface area contributed by atoms with E-state index >= 15 is 0 Å². The summed E-state index contributed by atoms with van der Waals surface area (Å²) in [5.41, 5.74) is 0.805. The number of rotatable bonds is 7. The monoisotopic (exact) mass is 355 g/mol. The topological polar surface area (TPSA) is 38.3 Å². The highest BCUT2D eigenvalue weighted by Crippen LogP contribution is 2.22. The Morgan fingerprint density at radius 2 is 1.83 bits per heavy atom. The van der Waals surface area contributed by atoms with Gasteiger partial charge in [-0.05, 0) is 48.4 Å². The molecule has 0 heterocycles. The van der Waals surface area contributed by atoms with Crippen LogP contribution in [-0.4, -0.2) is 19.1 Å². The van der Waals surface area contributed by atoms with Crippen molar-refractivity contribution in [2.75, 3.05) is 13.2 Å². The highest BCUT2D eigenvalue weighted by molar-refractivity contribution is 6.42. The van der Waals surface area contributed by atoms with Gasteiger partial charge in [0.25, 0.3) is 0 Å². The Balaban J connectivity index is 1.64. The summed E-state index contributed by atoms with van der Waals surface area (Å²) < 4.78 is 18.2. The Morgan fingerprint density at radius 1 is 1.09 bits per heavy atom. The maximum atomic E-state index is 12.7. The predicted molar refractivity (Wildman–Crippen MR) is 89.7 cm³/mol. The highest BCUT2D eigenvalue weighted by atomic mass is 35.5. The number of halogens is 3. The van der Waals surface area contributed by atoms with Crippen LogP contribution in [0.5, 0.6) is 5.75 Å². The van der Waals surface area contributed by atoms with Gasteiger partial charge in [0.2, 0.25) is 5.91 Å². The number of carbonyl (C=O) groups is 1. The number of ether oxygens (including phenoxy) is 1. The molecule has 0 saturated carbocycles. The van der Waals surface area contributed by atoms with E-state index in [0.717, 1.165) is 5.56 Å². The molecule has 2 aromatic rings. The van der Waals surface area contributed by atoms with Crippen molar-refractivity contribution in [3.63, 3.8) is 0 Å². The van der Waals surface area contributed by atoms with Crippen molar-refractivity contribution < 1.29 is 13.9 Å². The Hall–Kier alpha value is -1.78. The van der Waals surface area contributed by atoms with E-state index in [9.17, 15) is 9.18 Å². The molecule has 122 valence electrons. The first kappa shape index (κ1) is 17.6. The Morgan fingerprint density at radius 3 is 2.52 bits per heavy atom. The van der Waals surface area contributed by atoms with Crippen molar-refractivity contribution in [3.05, 3.63) is 63.9 Å². The predicted octanol–water partition coefficient (Wildman–Crippen LogP) is 4.26. The second kappa shape index (κ2) is 8.75. The van der Waals surface area contributed by atoms with Crippen LogP contribution in [0.4, 0.5) is 4.39 Å². The minimum atomic E-state index is -0.299. The normalized spacial score (nSPS) is 10.4. The lowest BCUT2D eigenvalue weighted by Crippen LogP contribution is -2.27. The van der Waals surface area contributed by atoms with Crippen LogP contribution in [0.3, 0.4) is 0 Å². The van der Waals surface area contributed by atoms with Crippen LogP contribution < -0.4 is 10.1 Å². The second-order valence-corrected chi connectivity index (χ2v) is 5.75. The van der Waals surface area contributed by atoms with Crippen molar-refractivity contribution in [2.45, 2.75) is 12.8 Å². The zero-order chi connectivity index (χ0) is 16.7. The van der Waals surface area contributed by atoms with E-state index in [2.05, 4.69) is 5.32 Å². The molecular weight excluding hydrogens is 340 g/mol. The molecule has 6 heteroatoms. The van der Waals surface area contributed by atoms with Crippen LogP contribution in [-0.2, 0) is 11.2 Å². The van der Waals surface area contributed by atoms with E-state index in [1.807, 2.05) is 0 Å². The van der Waals surface area contributed by atoms with Crippen molar-refractivity contribution in [2.24, 2.45) is 0 Å². The minimum absolute atomic E-state index is 0.0924. The maximum absolute atomic E-state index is 12.7. The fourth-order valence-electron chi connectivity index (χ4n) is 1.92. The van der Waals surface area contributed by atoms with Gasteiger partial charge in [0.1, 0.15) is 11.6 Å². The van der Waals surface area contributed by atoms with E-state index < -0.39 is 0 Å². The average Bonchev–Trinajstić information content (AvgIpc) is 2.52. The van der Waals surface area contributed by atoms with Gasteiger partial charge < -0.3 is 10.1 Å². The fraction of sp³-hybridized carbons (Fsp3) is 0.235. The smallest absolute Gasteiger partial charge is 0.224 e. The molecule has 0 aliphatic carbocycles. The molecule has 2 rings (SSSR count). The summed E-state index contributed by atoms with van der Waals surface area (Å²) in [5.74, 6) is 0.214. The van der Waals surface area contributed by atoms with Gasteiger partial charge >= 0.3 is 0 Å². The largest absolute Gasteiger partial charge is 0.494 e. The van der Waals surface area contributed by atoms with Gasteiger partial charge in [0, 0.05) is 6.54 Å². The van der Waals surface area contributed by atoms with Gasteiger partial charge in [-0.1, -0.05) is 29.3 Å². The van der Waals surface area contributed by atoms with Crippen LogP contribution in [0, 0.1) is 5.82 Å². The average molecular weight is 356 g/mol. The molecule has 1 N–H and O–H groups in total. The van der Waals surface area contributed by atoms with E-state index in [0.29, 0.717) is 35.4 Å². The van der Waals surface area contributed by atoms with Crippen LogP contribution >= 0.6 is 23.2 Å². The number of benzene rings is 2. The van der Waals surface area contributed by atoms with Crippen LogP contribution in [0.1, 0.15) is 12.0 Å². The van der Waals surface area contributed by atoms with Gasteiger partial charge in [-0.25, -0.2) is 4.39 Å². The van der Waals surface area contributed by atoms with Gasteiger partial charge in [-0.3, -0.25) is 4.79 Å². The molecule has 0 aliphatic rings. The first-order valence-corrected chi connectivity index (χ1v) is 7.89. The van der Waals surface area contributed by atoms with E-state index in [1.165, 1.54) is 12.1 Å². The van der Waals surface area contributed by atoms with Crippen molar-refractivity contribution in [3.8, 4) is 5.75 Å². The molecule has 2 aromatic carbocycles. The summed E-state index contributed by atoms with van der Waals surface area (Å²) in [6.07, 6.45) is 0.903. The third-order valence-corrected chi connectivity index (χ3v) is 3.81. The molecule has 1 amide bonds. The lowest BCUT2D eigenvalue weighted by atomic mass is 10.1. The molecule has 0 atom stereocenters. The zero-order valence-corrected chi connectivity index (χ0v) is 13.8. The van der Waals surface area contributed by atoms with E-state index in [4.69, 9.17) is 27.9 Å². The van der Waals surface area contributed by atoms with Crippen molar-refractivity contribution >= 4 is 29.1 Å². The molecule has 0 spiro atoms. The zero-order valence-electron chi connectivity index (χ0n) is 12.3. The molecule has 0 aromatic heterocycles. The van der Waals surface area contributed by atoms with Crippen molar-refractivity contribution in [1.29, 1.82) is 0 Å². The number of amides is 1. The number of hydrogen-bond acceptors (Lipinski definition) is 2. The molecular formula is C17H16Cl2FNO2. The first-order valence-electron chi connectivity index (χ1n) is 7.13. The number of hydrogen-bond donors (Lipinski definition) is 1. The summed E-state index contributed by atoms with van der Waals surface area (Å²) >= 11 is 11.7. The second-order valence-electron chi connectivity index (χ2n) is 4.93. The quantitative estimate of drug-likeness (QED) is 0.753. The van der Waals surface area contributed by atoms with Gasteiger partial charge in [0.05, 0.1) is 23.1 Å². The van der Waals surface area contributed by atoms with Crippen LogP contribution in [0.15, 0.2) is 42.5 Å². The minimum Gasteiger partial charge on any atom is -0.494 e. The summed E-state index contributed by atoms with van der Waals surface area (Å²) in [6, 6.07) is 10.9. The molecule has 0 aliphatic heterocycles. The highest BCUT2D eigenvalue weighted by Gasteiger charge is 2.05. The third kappa shape index (κ3) is 6.08. The van der Waals surface area contributed by atoms with Gasteiger partial charge in [0.15, 0.2) is 0 Å². The van der Waals surface area contributed by atoms with Crippen LogP contribution in [0.2, 0.25) is 10.0 Å². The Labute approximate surface area is 144 Å². The lowest BCUT2D eigenvalue weighted by molar-refractivity contribution is -0.120. The number of carbonyl (C=O) groups excluding carboxylic acids is 1. The van der Waals surface area contributed by atoms with E-state index in [-0.39, 0.29) is 18.1 Å². The van der Waals surface area contributed by atoms with E-state index in [1.54, 1.807) is 30.3 Å². The molecule has 0 radical (unpaired) electrons. The molecule has 0 unspecified atom stereocenters. The summed E-state index contributed by atoms with van der Waals surface area (Å²) in [7, 11) is 0. The Bertz CT molecular complexity index is 662. The molecule has 0 fully saturated rings. The lowest BCUT2D eigenvalue weighted by Gasteiger charge is -2.08. The molecule has 0 saturated heterocycles. The summed E-state index contributed by atoms with van der Waals surface area (Å²) in [5, 5.41) is 3.71. The summed E-state index contributed by atoms with van der Waals surface area (Å²) in [6.45, 7) is 0.944.